The van der Waals surface area contributed by atoms with Gasteiger partial charge in [-0.1, -0.05) is 97.1 Å². The molecule has 0 amide bonds. The van der Waals surface area contributed by atoms with Crippen LogP contribution in [0.25, 0.3) is 89.7 Å². The third-order valence-corrected chi connectivity index (χ3v) is 7.46. The van der Waals surface area contributed by atoms with Crippen molar-refractivity contribution in [3.05, 3.63) is 97.1 Å². The fourth-order valence-corrected chi connectivity index (χ4v) is 5.59. The second-order valence-corrected chi connectivity index (χ2v) is 9.79. The van der Waals surface area contributed by atoms with Crippen LogP contribution in [0.3, 0.4) is 0 Å². The molecular weight excluding hydrogens is 637 g/mol. The van der Waals surface area contributed by atoms with E-state index in [1.54, 1.807) is 0 Å². The van der Waals surface area contributed by atoms with Crippen molar-refractivity contribution >= 4 is 44.1 Å². The van der Waals surface area contributed by atoms with Crippen LogP contribution in [0.1, 0.15) is 0 Å². The van der Waals surface area contributed by atoms with Crippen LogP contribution in [-0.2, 0) is 0 Å². The van der Waals surface area contributed by atoms with Crippen molar-refractivity contribution in [2.45, 2.75) is 0 Å². The molecule has 41 heavy (non-hydrogen) atoms. The van der Waals surface area contributed by atoms with Gasteiger partial charge in [0.15, 0.2) is 23.3 Å². The number of nitrogens with one attached hydrogen (secondary N) is 2. The summed E-state index contributed by atoms with van der Waals surface area (Å²) in [5, 5.41) is 3.82. The van der Waals surface area contributed by atoms with E-state index in [9.17, 15) is 0 Å². The number of aromatic nitrogens is 8. The van der Waals surface area contributed by atoms with Crippen molar-refractivity contribution < 1.29 is 41.7 Å². The third-order valence-electron chi connectivity index (χ3n) is 7.46. The van der Waals surface area contributed by atoms with Gasteiger partial charge in [-0.15, -0.1) is 0 Å². The van der Waals surface area contributed by atoms with Gasteiger partial charge in [0, 0.05) is 85.5 Å². The maximum absolute atomic E-state index is 5.02. The zero-order chi connectivity index (χ0) is 26.2. The Kier molecular flexibility index (Phi) is 5.56. The van der Waals surface area contributed by atoms with E-state index in [4.69, 9.17) is 29.9 Å². The first-order chi connectivity index (χ1) is 19.8. The molecule has 5 heterocycles. The second-order valence-electron chi connectivity index (χ2n) is 9.79. The first kappa shape index (κ1) is 24.4. The first-order valence-corrected chi connectivity index (χ1v) is 13.0. The van der Waals surface area contributed by atoms with Crippen molar-refractivity contribution in [3.8, 4) is 45.6 Å². The molecule has 0 radical (unpaired) electrons. The van der Waals surface area contributed by atoms with Crippen molar-refractivity contribution in [1.29, 1.82) is 0 Å². The van der Waals surface area contributed by atoms with Gasteiger partial charge in [-0.3, -0.25) is 0 Å². The van der Waals surface area contributed by atoms with E-state index in [2.05, 4.69) is 9.97 Å². The van der Waals surface area contributed by atoms with E-state index in [0.717, 1.165) is 43.8 Å². The Bertz CT molecular complexity index is 2030. The molecule has 0 saturated heterocycles. The van der Waals surface area contributed by atoms with Gasteiger partial charge in [0.25, 0.3) is 0 Å². The van der Waals surface area contributed by atoms with Gasteiger partial charge < -0.3 is 9.97 Å². The summed E-state index contributed by atoms with van der Waals surface area (Å²) in [5.74, 6) is 2.39. The molecule has 7 aromatic rings. The normalized spacial score (nSPS) is 11.7. The van der Waals surface area contributed by atoms with E-state index in [1.807, 2.05) is 97.1 Å². The Balaban J connectivity index is 0.00000256. The molecule has 0 aliphatic carbocycles. The Morgan fingerprint density at radius 2 is 0.561 bits per heavy atom. The van der Waals surface area contributed by atoms with Crippen molar-refractivity contribution in [3.63, 3.8) is 0 Å². The average molecular weight is 655 g/mol. The second kappa shape index (κ2) is 9.34. The van der Waals surface area contributed by atoms with Crippen molar-refractivity contribution in [1.82, 2.24) is 39.9 Å². The standard InChI is InChI=1S/C32H18N8.Ce/c1-2-10-18-17(9-1)25-33-26(18)38-28-21-13-5-6-14-22(21)30(35-28)40-32-24-16-8-7-15-23(24)31(36-32)39-29-20-12-4-3-11-19(20)27(34-29)37-25;/h1-16H,(H2,33,34,35,36,37,38,39,40);. The first-order valence-electron chi connectivity index (χ1n) is 13.0. The summed E-state index contributed by atoms with van der Waals surface area (Å²) in [6.45, 7) is 0. The van der Waals surface area contributed by atoms with Gasteiger partial charge in [0.05, 0.1) is 0 Å². The molecule has 0 spiro atoms. The van der Waals surface area contributed by atoms with Gasteiger partial charge in [-0.25, -0.2) is 29.9 Å². The monoisotopic (exact) mass is 654 g/mol. The Morgan fingerprint density at radius 1 is 0.317 bits per heavy atom. The maximum Gasteiger partial charge on any atom is 0.164 e. The molecule has 2 aliphatic heterocycles. The molecule has 9 heteroatoms. The van der Waals surface area contributed by atoms with Crippen LogP contribution in [0.5, 0.6) is 0 Å². The molecule has 0 atom stereocenters. The van der Waals surface area contributed by atoms with Gasteiger partial charge in [-0.05, 0) is 0 Å². The van der Waals surface area contributed by atoms with E-state index < -0.39 is 0 Å². The molecule has 0 unspecified atom stereocenters. The van der Waals surface area contributed by atoms with Crippen LogP contribution in [-0.4, -0.2) is 39.9 Å². The topological polar surface area (TPSA) is 109 Å². The molecule has 2 N–H and O–H groups in total. The number of hydrogen-bond donors (Lipinski definition) is 2. The molecule has 9 rings (SSSR count). The fraction of sp³-hybridized carbons (Fsp3) is 0. The Morgan fingerprint density at radius 3 is 0.829 bits per heavy atom. The molecular formula is C32H18CeN8. The zero-order valence-electron chi connectivity index (χ0n) is 21.4. The Hall–Kier alpha value is -4.38. The van der Waals surface area contributed by atoms with Crippen LogP contribution < -0.4 is 0 Å². The van der Waals surface area contributed by atoms with Crippen LogP contribution in [0.2, 0.25) is 0 Å². The summed E-state index contributed by atoms with van der Waals surface area (Å²) >= 11 is 0. The minimum absolute atomic E-state index is 0. The number of hydrogen-bond acceptors (Lipinski definition) is 6. The zero-order valence-corrected chi connectivity index (χ0v) is 24.6. The largest absolute Gasteiger partial charge is 0.324 e. The molecule has 8 nitrogen and oxygen atoms in total. The minimum Gasteiger partial charge on any atom is -0.324 e. The number of fused-ring (bicyclic) bond motifs is 20. The Labute approximate surface area is 266 Å². The maximum atomic E-state index is 5.02. The van der Waals surface area contributed by atoms with Crippen molar-refractivity contribution in [2.75, 3.05) is 0 Å². The van der Waals surface area contributed by atoms with E-state index in [0.29, 0.717) is 45.9 Å². The summed E-state index contributed by atoms with van der Waals surface area (Å²) in [7, 11) is 0. The summed E-state index contributed by atoms with van der Waals surface area (Å²) in [4.78, 5) is 36.8. The summed E-state index contributed by atoms with van der Waals surface area (Å²) in [5.41, 5.74) is 6.45. The predicted octanol–water partition coefficient (Wildman–Crippen LogP) is 6.87. The third kappa shape index (κ3) is 3.75. The number of nitrogens with zero attached hydrogens (tertiary/aromatic N) is 6. The van der Waals surface area contributed by atoms with Crippen LogP contribution >= 0.6 is 0 Å². The van der Waals surface area contributed by atoms with Gasteiger partial charge in [0.1, 0.15) is 22.6 Å². The van der Waals surface area contributed by atoms with Gasteiger partial charge in [-0.2, -0.15) is 0 Å². The molecule has 190 valence electrons. The summed E-state index contributed by atoms with van der Waals surface area (Å²) in [6, 6.07) is 32.2. The minimum atomic E-state index is 0. The molecule has 4 aromatic carbocycles. The number of aromatic amines is 2. The van der Waals surface area contributed by atoms with Crippen LogP contribution in [0.15, 0.2) is 97.1 Å². The molecule has 8 bridgehead atoms. The van der Waals surface area contributed by atoms with Crippen molar-refractivity contribution in [2.24, 2.45) is 0 Å². The average Bonchev–Trinajstić information content (AvgIpc) is 3.73. The van der Waals surface area contributed by atoms with E-state index in [-0.39, 0.29) is 41.7 Å². The molecule has 2 aliphatic rings. The van der Waals surface area contributed by atoms with E-state index >= 15 is 0 Å². The fourth-order valence-electron chi connectivity index (χ4n) is 5.59. The molecule has 3 aromatic heterocycles. The smallest absolute Gasteiger partial charge is 0.164 e. The van der Waals surface area contributed by atoms with Crippen LogP contribution in [0.4, 0.5) is 0 Å². The predicted molar refractivity (Wildman–Crippen MR) is 156 cm³/mol. The number of rotatable bonds is 0. The summed E-state index contributed by atoms with van der Waals surface area (Å²) in [6.07, 6.45) is 0. The SMILES string of the molecule is [Ce].c1ccc2c(c1)-c1nc-2nc2[nH]c(nc3nc(nc4[nH]c(n1)c1ccccc41)-c1ccccc1-3)c1ccccc21. The molecule has 0 fully saturated rings. The van der Waals surface area contributed by atoms with Crippen LogP contribution in [0, 0.1) is 41.7 Å². The summed E-state index contributed by atoms with van der Waals surface area (Å²) < 4.78 is 0. The quantitative estimate of drug-likeness (QED) is 0.185. The number of benzene rings is 4. The van der Waals surface area contributed by atoms with Gasteiger partial charge >= 0.3 is 0 Å². The van der Waals surface area contributed by atoms with E-state index in [1.165, 1.54) is 0 Å². The van der Waals surface area contributed by atoms with Gasteiger partial charge in [0.2, 0.25) is 0 Å². The molecule has 0 saturated carbocycles. The number of H-pyrrole nitrogens is 2.